The molecule has 24 heavy (non-hydrogen) atoms. The first-order valence-corrected chi connectivity index (χ1v) is 9.23. The second-order valence-electron chi connectivity index (χ2n) is 7.89. The fourth-order valence-corrected chi connectivity index (χ4v) is 4.29. The third kappa shape index (κ3) is 3.75. The molecule has 2 N–H and O–H groups in total. The van der Waals surface area contributed by atoms with Gasteiger partial charge in [0.05, 0.1) is 6.10 Å². The van der Waals surface area contributed by atoms with Crippen LogP contribution in [0.1, 0.15) is 49.7 Å². The van der Waals surface area contributed by atoms with Crippen LogP contribution in [0.3, 0.4) is 0 Å². The first kappa shape index (κ1) is 17.3. The number of nitrogens with one attached hydrogen (secondary N) is 1. The summed E-state index contributed by atoms with van der Waals surface area (Å²) >= 11 is 0. The van der Waals surface area contributed by atoms with Crippen molar-refractivity contribution in [2.24, 2.45) is 5.92 Å². The molecule has 0 spiro atoms. The van der Waals surface area contributed by atoms with Crippen molar-refractivity contribution in [3.63, 3.8) is 0 Å². The number of hydrogen-bond acceptors (Lipinski definition) is 2. The van der Waals surface area contributed by atoms with E-state index in [9.17, 15) is 9.90 Å². The number of amides is 2. The maximum atomic E-state index is 12.4. The second-order valence-corrected chi connectivity index (χ2v) is 7.89. The molecule has 2 saturated carbocycles. The lowest BCUT2D eigenvalue weighted by Gasteiger charge is -2.35. The Labute approximate surface area is 145 Å². The molecule has 0 aliphatic heterocycles. The van der Waals surface area contributed by atoms with Crippen molar-refractivity contribution < 1.29 is 9.90 Å². The van der Waals surface area contributed by atoms with Gasteiger partial charge in [-0.2, -0.15) is 0 Å². The molecule has 0 heterocycles. The van der Waals surface area contributed by atoms with Crippen LogP contribution in [-0.2, 0) is 5.41 Å². The summed E-state index contributed by atoms with van der Waals surface area (Å²) in [5.41, 5.74) is 2.74. The topological polar surface area (TPSA) is 52.6 Å². The average Bonchev–Trinajstić information content (AvgIpc) is 3.01. The van der Waals surface area contributed by atoms with Crippen LogP contribution in [0.15, 0.2) is 24.3 Å². The van der Waals surface area contributed by atoms with Crippen molar-refractivity contribution in [3.8, 4) is 0 Å². The smallest absolute Gasteiger partial charge is 0.317 e. The van der Waals surface area contributed by atoms with Crippen LogP contribution in [0.2, 0.25) is 0 Å². The number of aryl methyl sites for hydroxylation is 1. The minimum absolute atomic E-state index is 0.00955. The molecule has 0 radical (unpaired) electrons. The van der Waals surface area contributed by atoms with Crippen molar-refractivity contribution in [3.05, 3.63) is 35.4 Å². The Bertz CT molecular complexity index is 575. The van der Waals surface area contributed by atoms with Gasteiger partial charge in [0.15, 0.2) is 0 Å². The number of aliphatic hydroxyl groups is 1. The molecule has 132 valence electrons. The third-order valence-electron chi connectivity index (χ3n) is 5.86. The molecular weight excluding hydrogens is 300 g/mol. The largest absolute Gasteiger partial charge is 0.393 e. The van der Waals surface area contributed by atoms with Crippen molar-refractivity contribution in [2.45, 2.75) is 57.0 Å². The molecule has 3 rings (SSSR count). The van der Waals surface area contributed by atoms with Crippen LogP contribution in [0.25, 0.3) is 0 Å². The summed E-state index contributed by atoms with van der Waals surface area (Å²) in [4.78, 5) is 14.2. The standard InChI is InChI=1S/C20H30N2O2/c1-15-6-5-7-17(10-15)20(8-3-4-9-20)14-21-19(24)22(2)13-16-11-18(23)12-16/h5-7,10,16,18,23H,3-4,8-9,11-14H2,1-2H3,(H,21,24). The minimum Gasteiger partial charge on any atom is -0.393 e. The highest BCUT2D eigenvalue weighted by atomic mass is 16.3. The monoisotopic (exact) mass is 330 g/mol. The zero-order valence-electron chi connectivity index (χ0n) is 14.9. The highest BCUT2D eigenvalue weighted by Crippen LogP contribution is 2.40. The molecule has 2 fully saturated rings. The summed E-state index contributed by atoms with van der Waals surface area (Å²) in [6.07, 6.45) is 6.26. The normalized spacial score (nSPS) is 25.1. The van der Waals surface area contributed by atoms with Gasteiger partial charge in [0.2, 0.25) is 0 Å². The fraction of sp³-hybridized carbons (Fsp3) is 0.650. The van der Waals surface area contributed by atoms with Gasteiger partial charge in [-0.05, 0) is 44.1 Å². The van der Waals surface area contributed by atoms with Crippen LogP contribution in [-0.4, -0.2) is 42.3 Å². The lowest BCUT2D eigenvalue weighted by molar-refractivity contribution is 0.0324. The van der Waals surface area contributed by atoms with E-state index in [1.165, 1.54) is 24.0 Å². The van der Waals surface area contributed by atoms with Gasteiger partial charge >= 0.3 is 6.03 Å². The van der Waals surface area contributed by atoms with Gasteiger partial charge in [-0.25, -0.2) is 4.79 Å². The number of aliphatic hydroxyl groups excluding tert-OH is 1. The first-order chi connectivity index (χ1) is 11.5. The number of urea groups is 1. The Kier molecular flexibility index (Phi) is 5.14. The zero-order chi connectivity index (χ0) is 17.2. The molecular formula is C20H30N2O2. The molecule has 0 atom stereocenters. The molecule has 4 nitrogen and oxygen atoms in total. The van der Waals surface area contributed by atoms with E-state index in [-0.39, 0.29) is 17.6 Å². The van der Waals surface area contributed by atoms with Crippen LogP contribution in [0.5, 0.6) is 0 Å². The van der Waals surface area contributed by atoms with Gasteiger partial charge in [0.1, 0.15) is 0 Å². The van der Waals surface area contributed by atoms with Gasteiger partial charge in [0.25, 0.3) is 0 Å². The summed E-state index contributed by atoms with van der Waals surface area (Å²) in [7, 11) is 1.86. The summed E-state index contributed by atoms with van der Waals surface area (Å²) in [5, 5.41) is 12.6. The van der Waals surface area contributed by atoms with Gasteiger partial charge in [-0.3, -0.25) is 0 Å². The van der Waals surface area contributed by atoms with Crippen LogP contribution < -0.4 is 5.32 Å². The molecule has 4 heteroatoms. The zero-order valence-corrected chi connectivity index (χ0v) is 14.9. The maximum absolute atomic E-state index is 12.4. The van der Waals surface area contributed by atoms with E-state index in [0.29, 0.717) is 12.5 Å². The number of benzene rings is 1. The molecule has 0 bridgehead atoms. The molecule has 2 aliphatic rings. The van der Waals surface area contributed by atoms with Crippen molar-refractivity contribution >= 4 is 6.03 Å². The lowest BCUT2D eigenvalue weighted by atomic mass is 9.78. The van der Waals surface area contributed by atoms with E-state index < -0.39 is 0 Å². The molecule has 0 aromatic heterocycles. The highest BCUT2D eigenvalue weighted by Gasteiger charge is 2.36. The number of nitrogens with zero attached hydrogens (tertiary/aromatic N) is 1. The Morgan fingerprint density at radius 3 is 2.67 bits per heavy atom. The Hall–Kier alpha value is -1.55. The number of rotatable bonds is 5. The van der Waals surface area contributed by atoms with E-state index in [2.05, 4.69) is 36.5 Å². The van der Waals surface area contributed by atoms with Crippen molar-refractivity contribution in [2.75, 3.05) is 20.1 Å². The summed E-state index contributed by atoms with van der Waals surface area (Å²) in [6.45, 7) is 3.58. The summed E-state index contributed by atoms with van der Waals surface area (Å²) in [5.74, 6) is 0.452. The Morgan fingerprint density at radius 2 is 2.04 bits per heavy atom. The van der Waals surface area contributed by atoms with E-state index in [0.717, 1.165) is 32.2 Å². The number of hydrogen-bond donors (Lipinski definition) is 2. The lowest BCUT2D eigenvalue weighted by Crippen LogP contribution is -2.47. The van der Waals surface area contributed by atoms with Gasteiger partial charge in [0, 0.05) is 25.6 Å². The molecule has 2 amide bonds. The van der Waals surface area contributed by atoms with Crippen LogP contribution >= 0.6 is 0 Å². The Balaban J connectivity index is 1.59. The maximum Gasteiger partial charge on any atom is 0.317 e. The number of carbonyl (C=O) groups excluding carboxylic acids is 1. The van der Waals surface area contributed by atoms with E-state index >= 15 is 0 Å². The Morgan fingerprint density at radius 1 is 1.33 bits per heavy atom. The van der Waals surface area contributed by atoms with Gasteiger partial charge in [-0.1, -0.05) is 42.7 Å². The second kappa shape index (κ2) is 7.14. The van der Waals surface area contributed by atoms with Crippen LogP contribution in [0.4, 0.5) is 4.79 Å². The predicted octanol–water partition coefficient (Wildman–Crippen LogP) is 3.22. The van der Waals surface area contributed by atoms with E-state index in [4.69, 9.17) is 0 Å². The molecule has 0 unspecified atom stereocenters. The fourth-order valence-electron chi connectivity index (χ4n) is 4.29. The molecule has 1 aromatic rings. The molecule has 2 aliphatic carbocycles. The van der Waals surface area contributed by atoms with Crippen LogP contribution in [0, 0.1) is 12.8 Å². The first-order valence-electron chi connectivity index (χ1n) is 9.23. The van der Waals surface area contributed by atoms with E-state index in [1.54, 1.807) is 4.90 Å². The van der Waals surface area contributed by atoms with Crippen molar-refractivity contribution in [1.82, 2.24) is 10.2 Å². The SMILES string of the molecule is Cc1cccc(C2(CNC(=O)N(C)CC3CC(O)C3)CCCC2)c1. The summed E-state index contributed by atoms with van der Waals surface area (Å²) < 4.78 is 0. The van der Waals surface area contributed by atoms with Gasteiger partial charge < -0.3 is 15.3 Å². The summed E-state index contributed by atoms with van der Waals surface area (Å²) in [6, 6.07) is 8.75. The molecule has 0 saturated heterocycles. The number of carbonyl (C=O) groups is 1. The third-order valence-corrected chi connectivity index (χ3v) is 5.86. The minimum atomic E-state index is -0.158. The average molecular weight is 330 g/mol. The quantitative estimate of drug-likeness (QED) is 0.871. The molecule has 1 aromatic carbocycles. The predicted molar refractivity (Wildman–Crippen MR) is 96.1 cm³/mol. The highest BCUT2D eigenvalue weighted by molar-refractivity contribution is 5.74. The van der Waals surface area contributed by atoms with E-state index in [1.807, 2.05) is 7.05 Å². The van der Waals surface area contributed by atoms with Gasteiger partial charge in [-0.15, -0.1) is 0 Å². The van der Waals surface area contributed by atoms with Crippen molar-refractivity contribution in [1.29, 1.82) is 0 Å².